The zero-order chi connectivity index (χ0) is 21.3. The van der Waals surface area contributed by atoms with Gasteiger partial charge in [-0.25, -0.2) is 12.8 Å². The summed E-state index contributed by atoms with van der Waals surface area (Å²) in [5.41, 5.74) is 2.80. The van der Waals surface area contributed by atoms with Crippen molar-refractivity contribution in [2.45, 2.75) is 23.3 Å². The number of rotatable bonds is 5. The summed E-state index contributed by atoms with van der Waals surface area (Å²) in [6.07, 6.45) is 1.36. The van der Waals surface area contributed by atoms with Gasteiger partial charge in [-0.2, -0.15) is 0 Å². The number of nitrogens with one attached hydrogen (secondary N) is 1. The molecular formula is C23H18ClFN2O2S. The Morgan fingerprint density at radius 2 is 1.70 bits per heavy atom. The molecular weight excluding hydrogens is 423 g/mol. The van der Waals surface area contributed by atoms with E-state index in [9.17, 15) is 12.8 Å². The number of nitrogens with zero attached hydrogens (tertiary/aromatic N) is 1. The zero-order valence-electron chi connectivity index (χ0n) is 16.1. The fourth-order valence-corrected chi connectivity index (χ4v) is 4.73. The van der Waals surface area contributed by atoms with Gasteiger partial charge < -0.3 is 5.32 Å². The third-order valence-electron chi connectivity index (χ3n) is 4.80. The molecule has 0 aliphatic heterocycles. The van der Waals surface area contributed by atoms with Crippen molar-refractivity contribution in [3.63, 3.8) is 0 Å². The van der Waals surface area contributed by atoms with E-state index in [1.165, 1.54) is 18.3 Å². The number of hydrogen-bond donors (Lipinski definition) is 1. The fraction of sp³-hybridized carbons (Fsp3) is 0.0870. The highest BCUT2D eigenvalue weighted by atomic mass is 35.5. The third-order valence-corrected chi connectivity index (χ3v) is 6.82. The van der Waals surface area contributed by atoms with Gasteiger partial charge in [0, 0.05) is 23.2 Å². The summed E-state index contributed by atoms with van der Waals surface area (Å²) in [6, 6.07) is 17.8. The molecule has 0 fully saturated rings. The standard InChI is InChI=1S/C23H18ClFN2O2S/c1-15-2-9-19(10-3-15)30(28,29)22-14-26-21-11-6-17(24)12-20(21)23(22)27-13-16-4-7-18(25)8-5-16/h2-12,14H,13H2,1H3,(H,26,27). The molecule has 1 heterocycles. The quantitative estimate of drug-likeness (QED) is 0.427. The molecule has 0 saturated carbocycles. The maximum Gasteiger partial charge on any atom is 0.210 e. The van der Waals surface area contributed by atoms with Crippen LogP contribution in [0.3, 0.4) is 0 Å². The molecule has 7 heteroatoms. The Balaban J connectivity index is 1.85. The van der Waals surface area contributed by atoms with Crippen molar-refractivity contribution in [3.05, 3.63) is 94.9 Å². The summed E-state index contributed by atoms with van der Waals surface area (Å²) in [7, 11) is -3.83. The van der Waals surface area contributed by atoms with Crippen LogP contribution in [0, 0.1) is 12.7 Å². The Bertz CT molecular complexity index is 1320. The van der Waals surface area contributed by atoms with Gasteiger partial charge in [0.15, 0.2) is 0 Å². The predicted octanol–water partition coefficient (Wildman–Crippen LogP) is 5.78. The van der Waals surface area contributed by atoms with Crippen molar-refractivity contribution in [3.8, 4) is 0 Å². The molecule has 0 spiro atoms. The first kappa shape index (κ1) is 20.3. The highest BCUT2D eigenvalue weighted by Crippen LogP contribution is 2.34. The van der Waals surface area contributed by atoms with E-state index in [1.807, 2.05) is 6.92 Å². The van der Waals surface area contributed by atoms with Crippen molar-refractivity contribution in [1.29, 1.82) is 0 Å². The lowest BCUT2D eigenvalue weighted by atomic mass is 10.1. The zero-order valence-corrected chi connectivity index (χ0v) is 17.6. The first-order valence-electron chi connectivity index (χ1n) is 9.23. The van der Waals surface area contributed by atoms with Crippen LogP contribution in [0.2, 0.25) is 5.02 Å². The fourth-order valence-electron chi connectivity index (χ4n) is 3.17. The van der Waals surface area contributed by atoms with E-state index in [1.54, 1.807) is 54.6 Å². The van der Waals surface area contributed by atoms with Crippen LogP contribution in [-0.2, 0) is 16.4 Å². The van der Waals surface area contributed by atoms with Gasteiger partial charge in [0.2, 0.25) is 9.84 Å². The van der Waals surface area contributed by atoms with E-state index in [0.717, 1.165) is 11.1 Å². The lowest BCUT2D eigenvalue weighted by Gasteiger charge is -2.16. The maximum absolute atomic E-state index is 13.4. The SMILES string of the molecule is Cc1ccc(S(=O)(=O)c2cnc3ccc(Cl)cc3c2NCc2ccc(F)cc2)cc1. The van der Waals surface area contributed by atoms with Crippen molar-refractivity contribution in [2.75, 3.05) is 5.32 Å². The monoisotopic (exact) mass is 440 g/mol. The lowest BCUT2D eigenvalue weighted by molar-refractivity contribution is 0.596. The number of halogens is 2. The number of sulfone groups is 1. The molecule has 1 aromatic heterocycles. The maximum atomic E-state index is 13.4. The number of aromatic nitrogens is 1. The van der Waals surface area contributed by atoms with Gasteiger partial charge in [-0.05, 0) is 55.0 Å². The number of aryl methyl sites for hydroxylation is 1. The highest BCUT2D eigenvalue weighted by Gasteiger charge is 2.24. The normalized spacial score (nSPS) is 11.6. The number of pyridine rings is 1. The van der Waals surface area contributed by atoms with Crippen molar-refractivity contribution < 1.29 is 12.8 Å². The molecule has 4 rings (SSSR count). The second-order valence-electron chi connectivity index (χ2n) is 6.96. The lowest BCUT2D eigenvalue weighted by Crippen LogP contribution is -2.09. The van der Waals surface area contributed by atoms with Crippen LogP contribution < -0.4 is 5.32 Å². The molecule has 0 saturated heterocycles. The Morgan fingerprint density at radius 1 is 1.00 bits per heavy atom. The van der Waals surface area contributed by atoms with E-state index in [0.29, 0.717) is 28.2 Å². The van der Waals surface area contributed by atoms with Crippen molar-refractivity contribution >= 4 is 38.0 Å². The summed E-state index contributed by atoms with van der Waals surface area (Å²) in [5.74, 6) is -0.331. The Kier molecular flexibility index (Phi) is 5.45. The number of anilines is 1. The van der Waals surface area contributed by atoms with Gasteiger partial charge in [-0.3, -0.25) is 4.98 Å². The van der Waals surface area contributed by atoms with Gasteiger partial charge in [0.05, 0.1) is 16.1 Å². The van der Waals surface area contributed by atoms with Gasteiger partial charge in [0.25, 0.3) is 0 Å². The minimum Gasteiger partial charge on any atom is -0.379 e. The minimum absolute atomic E-state index is 0.0585. The smallest absolute Gasteiger partial charge is 0.210 e. The number of fused-ring (bicyclic) bond motifs is 1. The molecule has 152 valence electrons. The van der Waals surface area contributed by atoms with Crippen LogP contribution in [-0.4, -0.2) is 13.4 Å². The molecule has 0 atom stereocenters. The molecule has 4 aromatic rings. The summed E-state index contributed by atoms with van der Waals surface area (Å²) >= 11 is 6.18. The average Bonchev–Trinajstić information content (AvgIpc) is 2.73. The Hall–Kier alpha value is -2.96. The van der Waals surface area contributed by atoms with E-state index < -0.39 is 9.84 Å². The Morgan fingerprint density at radius 3 is 2.40 bits per heavy atom. The topological polar surface area (TPSA) is 59.1 Å². The van der Waals surface area contributed by atoms with E-state index in [-0.39, 0.29) is 15.6 Å². The van der Waals surface area contributed by atoms with Gasteiger partial charge in [0.1, 0.15) is 10.7 Å². The van der Waals surface area contributed by atoms with Gasteiger partial charge in [-0.1, -0.05) is 41.4 Å². The molecule has 0 amide bonds. The van der Waals surface area contributed by atoms with E-state index >= 15 is 0 Å². The average molecular weight is 441 g/mol. The van der Waals surface area contributed by atoms with Crippen molar-refractivity contribution in [1.82, 2.24) is 4.98 Å². The molecule has 0 aliphatic carbocycles. The van der Waals surface area contributed by atoms with E-state index in [2.05, 4.69) is 10.3 Å². The molecule has 1 N–H and O–H groups in total. The molecule has 0 unspecified atom stereocenters. The number of hydrogen-bond acceptors (Lipinski definition) is 4. The van der Waals surface area contributed by atoms with E-state index in [4.69, 9.17) is 11.6 Å². The molecule has 30 heavy (non-hydrogen) atoms. The van der Waals surface area contributed by atoms with Crippen molar-refractivity contribution in [2.24, 2.45) is 0 Å². The molecule has 0 bridgehead atoms. The first-order valence-corrected chi connectivity index (χ1v) is 11.1. The molecule has 3 aromatic carbocycles. The van der Waals surface area contributed by atoms with Crippen LogP contribution >= 0.6 is 11.6 Å². The predicted molar refractivity (Wildman–Crippen MR) is 117 cm³/mol. The van der Waals surface area contributed by atoms with Crippen LogP contribution in [0.4, 0.5) is 10.1 Å². The molecule has 0 aliphatic rings. The number of benzene rings is 3. The van der Waals surface area contributed by atoms with Gasteiger partial charge in [-0.15, -0.1) is 0 Å². The molecule has 4 nitrogen and oxygen atoms in total. The second kappa shape index (κ2) is 8.05. The second-order valence-corrected chi connectivity index (χ2v) is 9.31. The molecule has 0 radical (unpaired) electrons. The van der Waals surface area contributed by atoms with Crippen LogP contribution in [0.25, 0.3) is 10.9 Å². The van der Waals surface area contributed by atoms with Gasteiger partial charge >= 0.3 is 0 Å². The van der Waals surface area contributed by atoms with Crippen LogP contribution in [0.5, 0.6) is 0 Å². The first-order chi connectivity index (χ1) is 14.3. The summed E-state index contributed by atoms with van der Waals surface area (Å²) in [6.45, 7) is 2.20. The summed E-state index contributed by atoms with van der Waals surface area (Å²) in [5, 5.41) is 4.27. The highest BCUT2D eigenvalue weighted by molar-refractivity contribution is 7.91. The summed E-state index contributed by atoms with van der Waals surface area (Å²) in [4.78, 5) is 4.57. The van der Waals surface area contributed by atoms with Crippen LogP contribution in [0.1, 0.15) is 11.1 Å². The largest absolute Gasteiger partial charge is 0.379 e. The Labute approximate surface area is 179 Å². The van der Waals surface area contributed by atoms with Crippen LogP contribution in [0.15, 0.2) is 82.7 Å². The summed E-state index contributed by atoms with van der Waals surface area (Å²) < 4.78 is 40.0. The minimum atomic E-state index is -3.83. The third kappa shape index (κ3) is 4.01.